The molecule has 4 heteroatoms. The van der Waals surface area contributed by atoms with Crippen molar-refractivity contribution in [1.82, 2.24) is 0 Å². The molecule has 1 aromatic carbocycles. The Hall–Kier alpha value is -1.03. The third-order valence-corrected chi connectivity index (χ3v) is 3.13. The molecular formula is C12H17BrN2O. The van der Waals surface area contributed by atoms with Crippen LogP contribution in [0, 0.1) is 5.41 Å². The van der Waals surface area contributed by atoms with E-state index in [0.29, 0.717) is 5.56 Å². The fraction of sp³-hybridized carbons (Fsp3) is 0.417. The minimum absolute atomic E-state index is 0.0492. The van der Waals surface area contributed by atoms with Gasteiger partial charge in [0.25, 0.3) is 0 Å². The molecule has 0 fully saturated rings. The molecule has 0 aliphatic carbocycles. The zero-order valence-electron chi connectivity index (χ0n) is 9.80. The van der Waals surface area contributed by atoms with E-state index in [1.165, 1.54) is 0 Å². The van der Waals surface area contributed by atoms with Gasteiger partial charge in [-0.15, -0.1) is 0 Å². The molecule has 16 heavy (non-hydrogen) atoms. The van der Waals surface area contributed by atoms with Crippen LogP contribution in [-0.4, -0.2) is 11.4 Å². The lowest BCUT2D eigenvalue weighted by atomic mass is 10.1. The predicted octanol–water partition coefficient (Wildman–Crippen LogP) is 3.30. The molecular weight excluding hydrogens is 268 g/mol. The minimum Gasteiger partial charge on any atom is -0.488 e. The molecule has 88 valence electrons. The van der Waals surface area contributed by atoms with Gasteiger partial charge in [0.2, 0.25) is 0 Å². The first kappa shape index (κ1) is 13.0. The first-order valence-corrected chi connectivity index (χ1v) is 5.98. The molecule has 0 atom stereocenters. The maximum Gasteiger partial charge on any atom is 0.123 e. The molecule has 0 aromatic heterocycles. The van der Waals surface area contributed by atoms with E-state index in [9.17, 15) is 0 Å². The number of hydrogen-bond donors (Lipinski definition) is 2. The molecule has 0 heterocycles. The van der Waals surface area contributed by atoms with Crippen molar-refractivity contribution in [1.29, 1.82) is 5.41 Å². The Balaban J connectivity index is 2.94. The first-order valence-electron chi connectivity index (χ1n) is 5.18. The van der Waals surface area contributed by atoms with E-state index < -0.39 is 0 Å². The summed E-state index contributed by atoms with van der Waals surface area (Å²) in [7, 11) is 0. The number of nitrogens with two attached hydrogens (primary N) is 1. The maximum atomic E-state index is 7.37. The lowest BCUT2D eigenvalue weighted by Gasteiger charge is -2.25. The Morgan fingerprint density at radius 2 is 2.12 bits per heavy atom. The summed E-state index contributed by atoms with van der Waals surface area (Å²) in [5, 5.41) is 7.37. The summed E-state index contributed by atoms with van der Waals surface area (Å²) < 4.78 is 6.61. The SMILES string of the molecule is CCC(C)(C)Oc1ccc(C(=N)N)c(Br)c1. The highest BCUT2D eigenvalue weighted by Crippen LogP contribution is 2.26. The van der Waals surface area contributed by atoms with Crippen LogP contribution < -0.4 is 10.5 Å². The molecule has 1 aromatic rings. The van der Waals surface area contributed by atoms with Gasteiger partial charge in [0.05, 0.1) is 0 Å². The summed E-state index contributed by atoms with van der Waals surface area (Å²) in [5.74, 6) is 0.830. The molecule has 0 aliphatic heterocycles. The number of halogens is 1. The van der Waals surface area contributed by atoms with Gasteiger partial charge in [0.15, 0.2) is 0 Å². The van der Waals surface area contributed by atoms with Gasteiger partial charge in [-0.3, -0.25) is 5.41 Å². The molecule has 0 saturated carbocycles. The lowest BCUT2D eigenvalue weighted by molar-refractivity contribution is 0.105. The number of ether oxygens (including phenoxy) is 1. The summed E-state index contributed by atoms with van der Waals surface area (Å²) in [6.45, 7) is 6.17. The summed E-state index contributed by atoms with van der Waals surface area (Å²) >= 11 is 3.38. The van der Waals surface area contributed by atoms with E-state index >= 15 is 0 Å². The average Bonchev–Trinajstić information content (AvgIpc) is 2.16. The Bertz CT molecular complexity index is 402. The van der Waals surface area contributed by atoms with Gasteiger partial charge < -0.3 is 10.5 Å². The third kappa shape index (κ3) is 3.23. The third-order valence-electron chi connectivity index (χ3n) is 2.48. The van der Waals surface area contributed by atoms with E-state index in [1.807, 2.05) is 26.0 Å². The van der Waals surface area contributed by atoms with Crippen LogP contribution in [-0.2, 0) is 0 Å². The van der Waals surface area contributed by atoms with Crippen LogP contribution in [0.15, 0.2) is 22.7 Å². The number of amidine groups is 1. The van der Waals surface area contributed by atoms with Gasteiger partial charge in [-0.1, -0.05) is 6.92 Å². The van der Waals surface area contributed by atoms with Crippen LogP contribution in [0.3, 0.4) is 0 Å². The van der Waals surface area contributed by atoms with E-state index in [-0.39, 0.29) is 11.4 Å². The summed E-state index contributed by atoms with van der Waals surface area (Å²) in [6, 6.07) is 5.46. The summed E-state index contributed by atoms with van der Waals surface area (Å²) in [6.07, 6.45) is 0.930. The highest BCUT2D eigenvalue weighted by molar-refractivity contribution is 9.10. The van der Waals surface area contributed by atoms with E-state index in [2.05, 4.69) is 22.9 Å². The first-order chi connectivity index (χ1) is 7.35. The normalized spacial score (nSPS) is 11.2. The van der Waals surface area contributed by atoms with Gasteiger partial charge in [-0.25, -0.2) is 0 Å². The summed E-state index contributed by atoms with van der Waals surface area (Å²) in [4.78, 5) is 0. The van der Waals surface area contributed by atoms with Crippen LogP contribution in [0.5, 0.6) is 5.75 Å². The van der Waals surface area contributed by atoms with Gasteiger partial charge in [0, 0.05) is 10.0 Å². The Kier molecular flexibility index (Phi) is 3.97. The van der Waals surface area contributed by atoms with Crippen molar-refractivity contribution in [2.75, 3.05) is 0 Å². The van der Waals surface area contributed by atoms with Crippen molar-refractivity contribution in [3.8, 4) is 5.75 Å². The fourth-order valence-corrected chi connectivity index (χ4v) is 1.74. The van der Waals surface area contributed by atoms with Crippen LogP contribution in [0.4, 0.5) is 0 Å². The number of hydrogen-bond acceptors (Lipinski definition) is 2. The molecule has 0 radical (unpaired) electrons. The maximum absolute atomic E-state index is 7.37. The monoisotopic (exact) mass is 284 g/mol. The predicted molar refractivity (Wildman–Crippen MR) is 70.2 cm³/mol. The number of nitrogen functional groups attached to an aromatic ring is 1. The highest BCUT2D eigenvalue weighted by atomic mass is 79.9. The molecule has 3 nitrogen and oxygen atoms in total. The molecule has 1 rings (SSSR count). The zero-order valence-corrected chi connectivity index (χ0v) is 11.4. The lowest BCUT2D eigenvalue weighted by Crippen LogP contribution is -2.26. The summed E-state index contributed by atoms with van der Waals surface area (Å²) in [5.41, 5.74) is 5.93. The topological polar surface area (TPSA) is 59.1 Å². The van der Waals surface area contributed by atoms with Crippen LogP contribution >= 0.6 is 15.9 Å². The molecule has 0 aliphatic rings. The molecule has 3 N–H and O–H groups in total. The quantitative estimate of drug-likeness (QED) is 0.658. The highest BCUT2D eigenvalue weighted by Gasteiger charge is 2.17. The largest absolute Gasteiger partial charge is 0.488 e. The zero-order chi connectivity index (χ0) is 12.3. The van der Waals surface area contributed by atoms with Gasteiger partial charge in [0.1, 0.15) is 17.2 Å². The van der Waals surface area contributed by atoms with Crippen LogP contribution in [0.2, 0.25) is 0 Å². The fourth-order valence-electron chi connectivity index (χ4n) is 1.17. The van der Waals surface area contributed by atoms with Crippen molar-refractivity contribution >= 4 is 21.8 Å². The van der Waals surface area contributed by atoms with Gasteiger partial charge >= 0.3 is 0 Å². The van der Waals surface area contributed by atoms with Crippen molar-refractivity contribution in [3.05, 3.63) is 28.2 Å². The van der Waals surface area contributed by atoms with E-state index in [4.69, 9.17) is 15.9 Å². The van der Waals surface area contributed by atoms with Crippen LogP contribution in [0.1, 0.15) is 32.8 Å². The minimum atomic E-state index is -0.183. The van der Waals surface area contributed by atoms with Crippen molar-refractivity contribution < 1.29 is 4.74 Å². The second kappa shape index (κ2) is 4.87. The Morgan fingerprint density at radius 3 is 2.56 bits per heavy atom. The van der Waals surface area contributed by atoms with E-state index in [0.717, 1.165) is 16.6 Å². The number of benzene rings is 1. The number of rotatable bonds is 4. The Morgan fingerprint density at radius 1 is 1.50 bits per heavy atom. The number of nitrogens with one attached hydrogen (secondary N) is 1. The second-order valence-electron chi connectivity index (χ2n) is 4.27. The molecule has 0 amide bonds. The molecule has 0 unspecified atom stereocenters. The molecule has 0 spiro atoms. The average molecular weight is 285 g/mol. The van der Waals surface area contributed by atoms with Crippen molar-refractivity contribution in [2.24, 2.45) is 5.73 Å². The van der Waals surface area contributed by atoms with E-state index in [1.54, 1.807) is 6.07 Å². The van der Waals surface area contributed by atoms with Crippen molar-refractivity contribution in [3.63, 3.8) is 0 Å². The second-order valence-corrected chi connectivity index (χ2v) is 5.12. The molecule has 0 bridgehead atoms. The molecule has 0 saturated heterocycles. The van der Waals surface area contributed by atoms with Crippen molar-refractivity contribution in [2.45, 2.75) is 32.8 Å². The van der Waals surface area contributed by atoms with Crippen LogP contribution in [0.25, 0.3) is 0 Å². The van der Waals surface area contributed by atoms with Gasteiger partial charge in [-0.05, 0) is 54.4 Å². The smallest absolute Gasteiger partial charge is 0.123 e. The van der Waals surface area contributed by atoms with Gasteiger partial charge in [-0.2, -0.15) is 0 Å². The Labute approximate surface area is 105 Å². The standard InChI is InChI=1S/C12H17BrN2O/c1-4-12(2,3)16-8-5-6-9(11(14)15)10(13)7-8/h5-7H,4H2,1-3H3,(H3,14,15).